The van der Waals surface area contributed by atoms with Gasteiger partial charge in [0.15, 0.2) is 0 Å². The number of thiol groups is 1. The van der Waals surface area contributed by atoms with Crippen LogP contribution in [0, 0.1) is 5.82 Å². The maximum atomic E-state index is 12.9. The minimum atomic E-state index is -0.348. The van der Waals surface area contributed by atoms with Crippen LogP contribution in [-0.4, -0.2) is 6.61 Å². The second kappa shape index (κ2) is 4.86. The molecule has 0 unspecified atom stereocenters. The minimum absolute atomic E-state index is 0.286. The van der Waals surface area contributed by atoms with Gasteiger partial charge in [0.05, 0.1) is 16.0 Å². The van der Waals surface area contributed by atoms with Crippen molar-refractivity contribution in [3.63, 3.8) is 0 Å². The van der Waals surface area contributed by atoms with Gasteiger partial charge in [-0.1, -0.05) is 6.92 Å². The van der Waals surface area contributed by atoms with E-state index in [-0.39, 0.29) is 10.7 Å². The van der Waals surface area contributed by atoms with Crippen molar-refractivity contribution in [3.05, 3.63) is 22.4 Å². The second-order valence-corrected chi connectivity index (χ2v) is 3.80. The Hall–Kier alpha value is -0.220. The molecule has 1 aromatic carbocycles. The number of benzene rings is 1. The van der Waals surface area contributed by atoms with Gasteiger partial charge in [0.2, 0.25) is 0 Å². The second-order valence-electron chi connectivity index (χ2n) is 2.56. The summed E-state index contributed by atoms with van der Waals surface area (Å²) in [6.45, 7) is 2.64. The lowest BCUT2D eigenvalue weighted by Crippen LogP contribution is -1.96. The molecule has 13 heavy (non-hydrogen) atoms. The van der Waals surface area contributed by atoms with Crippen LogP contribution in [0.5, 0.6) is 5.75 Å². The van der Waals surface area contributed by atoms with Gasteiger partial charge in [0, 0.05) is 0 Å². The predicted octanol–water partition coefficient (Wildman–Crippen LogP) is 3.67. The molecule has 0 aromatic heterocycles. The van der Waals surface area contributed by atoms with E-state index in [1.54, 1.807) is 6.07 Å². The molecule has 4 heteroatoms. The van der Waals surface area contributed by atoms with Crippen LogP contribution in [0.1, 0.15) is 13.3 Å². The summed E-state index contributed by atoms with van der Waals surface area (Å²) in [5, 5.41) is 0. The van der Waals surface area contributed by atoms with Gasteiger partial charge in [-0.25, -0.2) is 4.39 Å². The normalized spacial score (nSPS) is 10.2. The Balaban J connectivity index is 2.90. The highest BCUT2D eigenvalue weighted by molar-refractivity contribution is 9.10. The maximum Gasteiger partial charge on any atom is 0.137 e. The molecule has 0 heterocycles. The predicted molar refractivity (Wildman–Crippen MR) is 57.1 cm³/mol. The zero-order chi connectivity index (χ0) is 9.84. The third-order valence-corrected chi connectivity index (χ3v) is 3.02. The van der Waals surface area contributed by atoms with Gasteiger partial charge in [-0.05, 0) is 34.5 Å². The molecule has 0 amide bonds. The molecule has 0 spiro atoms. The summed E-state index contributed by atoms with van der Waals surface area (Å²) in [7, 11) is 0. The van der Waals surface area contributed by atoms with E-state index < -0.39 is 0 Å². The van der Waals surface area contributed by atoms with Crippen LogP contribution < -0.4 is 4.74 Å². The molecule has 1 aromatic rings. The average Bonchev–Trinajstić information content (AvgIpc) is 2.13. The Morgan fingerprint density at radius 2 is 2.23 bits per heavy atom. The van der Waals surface area contributed by atoms with Crippen molar-refractivity contribution in [2.45, 2.75) is 18.2 Å². The number of hydrogen-bond donors (Lipinski definition) is 1. The van der Waals surface area contributed by atoms with Crippen LogP contribution in [0.25, 0.3) is 0 Å². The molecule has 0 aliphatic rings. The molecule has 72 valence electrons. The smallest absolute Gasteiger partial charge is 0.137 e. The Morgan fingerprint density at radius 3 is 2.85 bits per heavy atom. The summed E-state index contributed by atoms with van der Waals surface area (Å²) in [5.41, 5.74) is 0. The highest BCUT2D eigenvalue weighted by Gasteiger charge is 2.08. The largest absolute Gasteiger partial charge is 0.492 e. The molecule has 0 N–H and O–H groups in total. The van der Waals surface area contributed by atoms with Gasteiger partial charge in [0.25, 0.3) is 0 Å². The molecule has 0 bridgehead atoms. The van der Waals surface area contributed by atoms with Crippen molar-refractivity contribution in [1.29, 1.82) is 0 Å². The van der Waals surface area contributed by atoms with Crippen molar-refractivity contribution in [2.24, 2.45) is 0 Å². The third kappa shape index (κ3) is 2.61. The quantitative estimate of drug-likeness (QED) is 0.820. The fourth-order valence-corrected chi connectivity index (χ4v) is 1.47. The van der Waals surface area contributed by atoms with Gasteiger partial charge in [0.1, 0.15) is 11.6 Å². The summed E-state index contributed by atoms with van der Waals surface area (Å²) >= 11 is 7.22. The first-order valence-electron chi connectivity index (χ1n) is 3.96. The number of hydrogen-bond acceptors (Lipinski definition) is 2. The van der Waals surface area contributed by atoms with E-state index in [2.05, 4.69) is 28.6 Å². The van der Waals surface area contributed by atoms with Crippen LogP contribution in [0.15, 0.2) is 21.5 Å². The average molecular weight is 265 g/mol. The van der Waals surface area contributed by atoms with Crippen molar-refractivity contribution in [2.75, 3.05) is 6.61 Å². The number of ether oxygens (including phenoxy) is 1. The van der Waals surface area contributed by atoms with E-state index in [0.717, 1.165) is 6.42 Å². The molecule has 1 nitrogen and oxygen atoms in total. The first-order chi connectivity index (χ1) is 6.16. The summed E-state index contributed by atoms with van der Waals surface area (Å²) in [4.78, 5) is 0.286. The molecular formula is C9H10BrFOS. The summed E-state index contributed by atoms with van der Waals surface area (Å²) in [6.07, 6.45) is 0.922. The molecule has 0 atom stereocenters. The third-order valence-electron chi connectivity index (χ3n) is 1.49. The zero-order valence-electron chi connectivity index (χ0n) is 7.18. The van der Waals surface area contributed by atoms with Crippen LogP contribution >= 0.6 is 28.6 Å². The molecule has 0 saturated carbocycles. The Labute approximate surface area is 90.8 Å². The summed E-state index contributed by atoms with van der Waals surface area (Å²) in [6, 6.07) is 2.94. The molecule has 0 saturated heterocycles. The standard InChI is InChI=1S/C9H10BrFOS/c1-2-5-12-7-4-3-6(11)9(13)8(7)10/h3-4,13H,2,5H2,1H3. The molecule has 1 rings (SSSR count). The lowest BCUT2D eigenvalue weighted by Gasteiger charge is -2.08. The molecule has 0 fully saturated rings. The van der Waals surface area contributed by atoms with Crippen molar-refractivity contribution in [3.8, 4) is 5.75 Å². The maximum absolute atomic E-state index is 12.9. The van der Waals surface area contributed by atoms with Crippen LogP contribution in [-0.2, 0) is 0 Å². The highest BCUT2D eigenvalue weighted by Crippen LogP contribution is 2.32. The van der Waals surface area contributed by atoms with Crippen LogP contribution in [0.3, 0.4) is 0 Å². The number of rotatable bonds is 3. The SMILES string of the molecule is CCCOc1ccc(F)c(S)c1Br. The molecule has 0 aliphatic heterocycles. The lowest BCUT2D eigenvalue weighted by molar-refractivity contribution is 0.313. The summed E-state index contributed by atoms with van der Waals surface area (Å²) < 4.78 is 18.9. The molecular weight excluding hydrogens is 255 g/mol. The first-order valence-corrected chi connectivity index (χ1v) is 5.20. The Kier molecular flexibility index (Phi) is 4.06. The highest BCUT2D eigenvalue weighted by atomic mass is 79.9. The fraction of sp³-hybridized carbons (Fsp3) is 0.333. The van der Waals surface area contributed by atoms with Crippen LogP contribution in [0.4, 0.5) is 4.39 Å². The molecule has 0 aliphatic carbocycles. The zero-order valence-corrected chi connectivity index (χ0v) is 9.66. The van der Waals surface area contributed by atoms with E-state index >= 15 is 0 Å². The van der Waals surface area contributed by atoms with Crippen molar-refractivity contribution < 1.29 is 9.13 Å². The van der Waals surface area contributed by atoms with E-state index in [0.29, 0.717) is 16.8 Å². The van der Waals surface area contributed by atoms with Gasteiger partial charge < -0.3 is 4.74 Å². The first kappa shape index (κ1) is 10.9. The van der Waals surface area contributed by atoms with Gasteiger partial charge in [-0.3, -0.25) is 0 Å². The van der Waals surface area contributed by atoms with Gasteiger partial charge in [-0.2, -0.15) is 0 Å². The Morgan fingerprint density at radius 1 is 1.54 bits per heavy atom. The van der Waals surface area contributed by atoms with Crippen molar-refractivity contribution >= 4 is 28.6 Å². The van der Waals surface area contributed by atoms with Gasteiger partial charge >= 0.3 is 0 Å². The number of halogens is 2. The van der Waals surface area contributed by atoms with E-state index in [9.17, 15) is 4.39 Å². The monoisotopic (exact) mass is 264 g/mol. The van der Waals surface area contributed by atoms with Crippen LogP contribution in [0.2, 0.25) is 0 Å². The topological polar surface area (TPSA) is 9.23 Å². The fourth-order valence-electron chi connectivity index (χ4n) is 0.846. The van der Waals surface area contributed by atoms with Gasteiger partial charge in [-0.15, -0.1) is 12.6 Å². The summed E-state index contributed by atoms with van der Waals surface area (Å²) in [5.74, 6) is 0.285. The van der Waals surface area contributed by atoms with Crippen molar-refractivity contribution in [1.82, 2.24) is 0 Å². The lowest BCUT2D eigenvalue weighted by atomic mass is 10.3. The van der Waals surface area contributed by atoms with E-state index in [1.807, 2.05) is 6.92 Å². The van der Waals surface area contributed by atoms with E-state index in [4.69, 9.17) is 4.74 Å². The Bertz CT molecular complexity index is 304. The minimum Gasteiger partial charge on any atom is -0.492 e. The molecule has 0 radical (unpaired) electrons. The van der Waals surface area contributed by atoms with E-state index in [1.165, 1.54) is 6.07 Å².